The van der Waals surface area contributed by atoms with Crippen LogP contribution in [0.5, 0.6) is 0 Å². The van der Waals surface area contributed by atoms with Gasteiger partial charge in [0, 0.05) is 25.9 Å². The smallest absolute Gasteiger partial charge is 0.263 e. The standard InChI is InChI=1S/C25H30N6O2/c1-3-29(4-2)17-16-26-23(32)15-14-22-27-28-25-30(18-19-10-6-5-7-11-19)24(33)20-12-8-9-13-21(20)31(22)25/h5-13H,3-4,14-18H2,1-2H3,(H,26,32). The van der Waals surface area contributed by atoms with Crippen molar-refractivity contribution in [2.24, 2.45) is 0 Å². The number of nitrogens with one attached hydrogen (secondary N) is 1. The van der Waals surface area contributed by atoms with Gasteiger partial charge in [0.25, 0.3) is 5.56 Å². The summed E-state index contributed by atoms with van der Waals surface area (Å²) < 4.78 is 3.56. The second-order valence-electron chi connectivity index (χ2n) is 8.02. The minimum atomic E-state index is -0.102. The largest absolute Gasteiger partial charge is 0.355 e. The molecule has 8 nitrogen and oxygen atoms in total. The first-order valence-corrected chi connectivity index (χ1v) is 11.5. The monoisotopic (exact) mass is 446 g/mol. The SMILES string of the molecule is CCN(CC)CCNC(=O)CCc1nnc2n(Cc3ccccc3)c(=O)c3ccccc3n12. The molecule has 0 atom stereocenters. The van der Waals surface area contributed by atoms with Gasteiger partial charge in [0.05, 0.1) is 17.4 Å². The number of carbonyl (C=O) groups excluding carboxylic acids is 1. The van der Waals surface area contributed by atoms with Crippen LogP contribution in [-0.2, 0) is 17.8 Å². The Morgan fingerprint density at radius 3 is 2.48 bits per heavy atom. The normalized spacial score (nSPS) is 11.5. The molecule has 2 aromatic carbocycles. The van der Waals surface area contributed by atoms with E-state index < -0.39 is 0 Å². The van der Waals surface area contributed by atoms with Crippen molar-refractivity contribution in [1.29, 1.82) is 0 Å². The zero-order valence-electron chi connectivity index (χ0n) is 19.2. The molecule has 0 unspecified atom stereocenters. The molecule has 4 aromatic rings. The van der Waals surface area contributed by atoms with Crippen LogP contribution < -0.4 is 10.9 Å². The van der Waals surface area contributed by atoms with Gasteiger partial charge in [-0.2, -0.15) is 0 Å². The number of fused-ring (bicyclic) bond motifs is 3. The van der Waals surface area contributed by atoms with Gasteiger partial charge in [-0.25, -0.2) is 0 Å². The van der Waals surface area contributed by atoms with Gasteiger partial charge in [-0.1, -0.05) is 56.3 Å². The first-order valence-electron chi connectivity index (χ1n) is 11.5. The molecule has 1 N–H and O–H groups in total. The molecule has 2 aromatic heterocycles. The van der Waals surface area contributed by atoms with Crippen LogP contribution in [0.3, 0.4) is 0 Å². The number of para-hydroxylation sites is 1. The summed E-state index contributed by atoms with van der Waals surface area (Å²) in [5.41, 5.74) is 1.66. The van der Waals surface area contributed by atoms with Gasteiger partial charge in [-0.3, -0.25) is 18.6 Å². The Balaban J connectivity index is 1.60. The molecule has 0 saturated carbocycles. The average Bonchev–Trinajstić information content (AvgIpc) is 3.28. The van der Waals surface area contributed by atoms with E-state index in [4.69, 9.17) is 0 Å². The summed E-state index contributed by atoms with van der Waals surface area (Å²) in [6, 6.07) is 17.3. The summed E-state index contributed by atoms with van der Waals surface area (Å²) in [4.78, 5) is 27.9. The van der Waals surface area contributed by atoms with E-state index in [0.717, 1.165) is 30.7 Å². The van der Waals surface area contributed by atoms with Crippen molar-refractivity contribution < 1.29 is 4.79 Å². The molecule has 8 heteroatoms. The van der Waals surface area contributed by atoms with Crippen molar-refractivity contribution in [2.75, 3.05) is 26.2 Å². The third kappa shape index (κ3) is 4.96. The van der Waals surface area contributed by atoms with Gasteiger partial charge < -0.3 is 10.2 Å². The van der Waals surface area contributed by atoms with Crippen LogP contribution in [0.2, 0.25) is 0 Å². The molecule has 172 valence electrons. The highest BCUT2D eigenvalue weighted by molar-refractivity contribution is 5.80. The second-order valence-corrected chi connectivity index (χ2v) is 8.02. The fourth-order valence-corrected chi connectivity index (χ4v) is 4.09. The van der Waals surface area contributed by atoms with Crippen LogP contribution in [0.4, 0.5) is 0 Å². The summed E-state index contributed by atoms with van der Waals surface area (Å²) >= 11 is 0. The maximum Gasteiger partial charge on any atom is 0.263 e. The molecule has 0 aliphatic heterocycles. The minimum absolute atomic E-state index is 0.0131. The highest BCUT2D eigenvalue weighted by atomic mass is 16.1. The molecule has 0 spiro atoms. The predicted octanol–water partition coefficient (Wildman–Crippen LogP) is 2.48. The minimum Gasteiger partial charge on any atom is -0.355 e. The third-order valence-corrected chi connectivity index (χ3v) is 5.98. The lowest BCUT2D eigenvalue weighted by Crippen LogP contribution is -2.34. The van der Waals surface area contributed by atoms with Gasteiger partial charge in [0.1, 0.15) is 5.82 Å². The fraction of sp³-hybridized carbons (Fsp3) is 0.360. The van der Waals surface area contributed by atoms with Crippen molar-refractivity contribution in [2.45, 2.75) is 33.2 Å². The lowest BCUT2D eigenvalue weighted by atomic mass is 10.2. The van der Waals surface area contributed by atoms with Crippen LogP contribution in [0.1, 0.15) is 31.7 Å². The molecule has 2 heterocycles. The molecule has 0 radical (unpaired) electrons. The lowest BCUT2D eigenvalue weighted by molar-refractivity contribution is -0.121. The first kappa shape index (κ1) is 22.7. The number of carbonyl (C=O) groups is 1. The van der Waals surface area contributed by atoms with Crippen LogP contribution >= 0.6 is 0 Å². The molecule has 0 aliphatic carbocycles. The highest BCUT2D eigenvalue weighted by Gasteiger charge is 2.17. The maximum absolute atomic E-state index is 13.3. The Morgan fingerprint density at radius 2 is 1.73 bits per heavy atom. The Labute approximate surface area is 192 Å². The number of amides is 1. The number of hydrogen-bond donors (Lipinski definition) is 1. The highest BCUT2D eigenvalue weighted by Crippen LogP contribution is 2.16. The van der Waals surface area contributed by atoms with E-state index >= 15 is 0 Å². The Kier molecular flexibility index (Phi) is 7.14. The van der Waals surface area contributed by atoms with E-state index in [9.17, 15) is 9.59 Å². The van der Waals surface area contributed by atoms with Gasteiger partial charge in [0.15, 0.2) is 0 Å². The number of nitrogens with zero attached hydrogens (tertiary/aromatic N) is 5. The number of rotatable bonds is 10. The topological polar surface area (TPSA) is 84.5 Å². The van der Waals surface area contributed by atoms with Crippen molar-refractivity contribution >= 4 is 22.6 Å². The van der Waals surface area contributed by atoms with E-state index in [1.165, 1.54) is 0 Å². The van der Waals surface area contributed by atoms with Crippen LogP contribution in [0.25, 0.3) is 16.7 Å². The van der Waals surface area contributed by atoms with Crippen molar-refractivity contribution in [1.82, 2.24) is 29.4 Å². The molecule has 0 bridgehead atoms. The molecule has 0 fully saturated rings. The second kappa shape index (κ2) is 10.4. The number of benzene rings is 2. The van der Waals surface area contributed by atoms with Crippen molar-refractivity contribution in [3.05, 3.63) is 76.3 Å². The third-order valence-electron chi connectivity index (χ3n) is 5.98. The fourth-order valence-electron chi connectivity index (χ4n) is 4.09. The zero-order chi connectivity index (χ0) is 23.2. The van der Waals surface area contributed by atoms with E-state index in [0.29, 0.717) is 42.9 Å². The molecule has 33 heavy (non-hydrogen) atoms. The van der Waals surface area contributed by atoms with E-state index in [-0.39, 0.29) is 11.5 Å². The number of hydrogen-bond acceptors (Lipinski definition) is 5. The summed E-state index contributed by atoms with van der Waals surface area (Å²) in [5.74, 6) is 1.14. The van der Waals surface area contributed by atoms with E-state index in [1.807, 2.05) is 59.0 Å². The van der Waals surface area contributed by atoms with Gasteiger partial charge in [-0.15, -0.1) is 10.2 Å². The van der Waals surface area contributed by atoms with Crippen molar-refractivity contribution in [3.63, 3.8) is 0 Å². The number of aryl methyl sites for hydroxylation is 1. The van der Waals surface area contributed by atoms with Gasteiger partial charge >= 0.3 is 0 Å². The summed E-state index contributed by atoms with van der Waals surface area (Å²) in [6.45, 7) is 8.03. The summed E-state index contributed by atoms with van der Waals surface area (Å²) in [5, 5.41) is 12.3. The molecule has 4 rings (SSSR count). The lowest BCUT2D eigenvalue weighted by Gasteiger charge is -2.17. The molecule has 0 saturated heterocycles. The quantitative estimate of drug-likeness (QED) is 0.405. The summed E-state index contributed by atoms with van der Waals surface area (Å²) in [7, 11) is 0. The van der Waals surface area contributed by atoms with Crippen LogP contribution in [0, 0.1) is 0 Å². The summed E-state index contributed by atoms with van der Waals surface area (Å²) in [6.07, 6.45) is 0.747. The van der Waals surface area contributed by atoms with E-state index in [2.05, 4.69) is 34.3 Å². The van der Waals surface area contributed by atoms with Crippen LogP contribution in [-0.4, -0.2) is 56.2 Å². The van der Waals surface area contributed by atoms with E-state index in [1.54, 1.807) is 4.57 Å². The van der Waals surface area contributed by atoms with Gasteiger partial charge in [0.2, 0.25) is 11.7 Å². The first-order chi connectivity index (χ1) is 16.1. The van der Waals surface area contributed by atoms with Gasteiger partial charge in [-0.05, 0) is 30.8 Å². The van der Waals surface area contributed by atoms with Crippen molar-refractivity contribution in [3.8, 4) is 0 Å². The zero-order valence-corrected chi connectivity index (χ0v) is 19.2. The van der Waals surface area contributed by atoms with Crippen LogP contribution in [0.15, 0.2) is 59.4 Å². The predicted molar refractivity (Wildman–Crippen MR) is 129 cm³/mol. The average molecular weight is 447 g/mol. The molecule has 0 aliphatic rings. The Morgan fingerprint density at radius 1 is 1.00 bits per heavy atom. The number of aromatic nitrogens is 4. The molecular weight excluding hydrogens is 416 g/mol. The molecule has 1 amide bonds. The Bertz CT molecular complexity index is 1290. The maximum atomic E-state index is 13.3. The Hall–Kier alpha value is -3.52. The number of likely N-dealkylation sites (N-methyl/N-ethyl adjacent to an activating group) is 1. The molecular formula is C25H30N6O2.